The lowest BCUT2D eigenvalue weighted by molar-refractivity contribution is -0.117. The molecule has 0 aliphatic carbocycles. The van der Waals surface area contributed by atoms with Crippen LogP contribution in [0.2, 0.25) is 0 Å². The summed E-state index contributed by atoms with van der Waals surface area (Å²) >= 11 is 0. The van der Waals surface area contributed by atoms with Crippen LogP contribution >= 0.6 is 0 Å². The summed E-state index contributed by atoms with van der Waals surface area (Å²) in [5.41, 5.74) is 0.694. The van der Waals surface area contributed by atoms with Gasteiger partial charge in [0, 0.05) is 23.9 Å². The van der Waals surface area contributed by atoms with Crippen molar-refractivity contribution in [1.82, 2.24) is 9.97 Å². The monoisotopic (exact) mass is 444 g/mol. The number of nitrogens with zero attached hydrogens (tertiary/aromatic N) is 3. The number of hydrogen-bond acceptors (Lipinski definition) is 5. The van der Waals surface area contributed by atoms with Crippen molar-refractivity contribution in [2.45, 2.75) is 39.2 Å². The Kier molecular flexibility index (Phi) is 5.90. The second kappa shape index (κ2) is 8.64. The van der Waals surface area contributed by atoms with Gasteiger partial charge in [-0.2, -0.15) is 0 Å². The smallest absolute Gasteiger partial charge is 0.266 e. The van der Waals surface area contributed by atoms with Crippen molar-refractivity contribution in [1.29, 1.82) is 0 Å². The van der Waals surface area contributed by atoms with Gasteiger partial charge in [0.25, 0.3) is 6.43 Å². The molecule has 0 saturated carbocycles. The van der Waals surface area contributed by atoms with Gasteiger partial charge in [-0.05, 0) is 32.4 Å². The predicted octanol–water partition coefficient (Wildman–Crippen LogP) is 5.32. The summed E-state index contributed by atoms with van der Waals surface area (Å²) in [7, 11) is 1.52. The molecule has 0 radical (unpaired) electrons. The summed E-state index contributed by atoms with van der Waals surface area (Å²) in [5, 5.41) is 3.74. The third kappa shape index (κ3) is 3.94. The minimum absolute atomic E-state index is 0.0229. The van der Waals surface area contributed by atoms with E-state index in [2.05, 4.69) is 15.3 Å². The number of ether oxygens (including phenoxy) is 1. The maximum atomic E-state index is 14.6. The number of hydrogen-bond donors (Lipinski definition) is 1. The van der Waals surface area contributed by atoms with Crippen LogP contribution in [0.15, 0.2) is 30.3 Å². The van der Waals surface area contributed by atoms with Crippen LogP contribution in [-0.2, 0) is 4.79 Å². The molecule has 0 bridgehead atoms. The molecule has 1 fully saturated rings. The highest BCUT2D eigenvalue weighted by Gasteiger charge is 2.26. The minimum Gasteiger partial charge on any atom is -0.495 e. The Labute approximate surface area is 183 Å². The van der Waals surface area contributed by atoms with Gasteiger partial charge in [0.2, 0.25) is 5.91 Å². The first-order chi connectivity index (χ1) is 15.3. The second-order valence-corrected chi connectivity index (χ2v) is 7.73. The number of alkyl halides is 2. The molecule has 1 N–H and O–H groups in total. The number of nitrogens with one attached hydrogen (secondary N) is 1. The first kappa shape index (κ1) is 21.9. The molecule has 1 aromatic heterocycles. The van der Waals surface area contributed by atoms with Gasteiger partial charge in [0.15, 0.2) is 0 Å². The summed E-state index contributed by atoms with van der Waals surface area (Å²) in [6.07, 6.45) is -1.64. The van der Waals surface area contributed by atoms with E-state index < -0.39 is 23.8 Å². The van der Waals surface area contributed by atoms with Gasteiger partial charge in [-0.25, -0.2) is 23.1 Å². The number of rotatable bonds is 6. The number of aromatic nitrogens is 2. The average Bonchev–Trinajstić information content (AvgIpc) is 3.18. The van der Waals surface area contributed by atoms with Crippen molar-refractivity contribution in [3.63, 3.8) is 0 Å². The fourth-order valence-corrected chi connectivity index (χ4v) is 4.00. The Hall–Kier alpha value is -3.36. The minimum atomic E-state index is -2.90. The molecule has 1 saturated heterocycles. The maximum Gasteiger partial charge on any atom is 0.266 e. The number of anilines is 2. The van der Waals surface area contributed by atoms with Crippen LogP contribution in [-0.4, -0.2) is 29.5 Å². The summed E-state index contributed by atoms with van der Waals surface area (Å²) in [6, 6.07) is 6.82. The molecule has 2 heterocycles. The molecule has 4 rings (SSSR count). The van der Waals surface area contributed by atoms with Crippen molar-refractivity contribution in [2.75, 3.05) is 23.9 Å². The third-order valence-electron chi connectivity index (χ3n) is 5.59. The molecule has 1 aliphatic heterocycles. The lowest BCUT2D eigenvalue weighted by atomic mass is 10.0. The Balaban J connectivity index is 1.76. The lowest BCUT2D eigenvalue weighted by Gasteiger charge is -2.22. The van der Waals surface area contributed by atoms with Crippen LogP contribution in [0.25, 0.3) is 10.9 Å². The predicted molar refractivity (Wildman–Crippen MR) is 116 cm³/mol. The van der Waals surface area contributed by atoms with Gasteiger partial charge in [-0.1, -0.05) is 18.2 Å². The van der Waals surface area contributed by atoms with Gasteiger partial charge >= 0.3 is 0 Å². The van der Waals surface area contributed by atoms with Gasteiger partial charge in [-0.15, -0.1) is 0 Å². The van der Waals surface area contributed by atoms with E-state index in [0.717, 1.165) is 12.5 Å². The molecule has 3 aromatic rings. The summed E-state index contributed by atoms with van der Waals surface area (Å²) < 4.78 is 46.4. The largest absolute Gasteiger partial charge is 0.495 e. The van der Waals surface area contributed by atoms with Crippen molar-refractivity contribution < 1.29 is 22.7 Å². The SMILES string of the molecule is COc1cc2c(NC(C)c3cccc(C(F)F)c3F)nc(C)nc2cc1N1CCCC1=O. The third-order valence-corrected chi connectivity index (χ3v) is 5.59. The van der Waals surface area contributed by atoms with Crippen LogP contribution < -0.4 is 15.0 Å². The number of fused-ring (bicyclic) bond motifs is 1. The van der Waals surface area contributed by atoms with E-state index in [9.17, 15) is 18.0 Å². The molecule has 2 aromatic carbocycles. The number of methoxy groups -OCH3 is 1. The fraction of sp³-hybridized carbons (Fsp3) is 0.348. The van der Waals surface area contributed by atoms with Gasteiger partial charge in [0.1, 0.15) is 23.2 Å². The number of benzene rings is 2. The highest BCUT2D eigenvalue weighted by Crippen LogP contribution is 2.38. The number of carbonyl (C=O) groups is 1. The van der Waals surface area contributed by atoms with E-state index in [0.29, 0.717) is 46.9 Å². The van der Waals surface area contributed by atoms with Crippen LogP contribution in [0.4, 0.5) is 24.7 Å². The molecule has 0 spiro atoms. The Morgan fingerprint density at radius 3 is 2.59 bits per heavy atom. The Morgan fingerprint density at radius 1 is 1.19 bits per heavy atom. The van der Waals surface area contributed by atoms with Gasteiger partial charge in [-0.3, -0.25) is 4.79 Å². The Morgan fingerprint density at radius 2 is 1.94 bits per heavy atom. The molecular weight excluding hydrogens is 421 g/mol. The molecule has 6 nitrogen and oxygen atoms in total. The number of halogens is 3. The van der Waals surface area contributed by atoms with Crippen molar-refractivity contribution in [3.8, 4) is 5.75 Å². The van der Waals surface area contributed by atoms with Crippen molar-refractivity contribution in [3.05, 3.63) is 53.1 Å². The van der Waals surface area contributed by atoms with E-state index in [1.165, 1.54) is 19.2 Å². The van der Waals surface area contributed by atoms with Crippen LogP contribution in [0, 0.1) is 12.7 Å². The quantitative estimate of drug-likeness (QED) is 0.557. The first-order valence-electron chi connectivity index (χ1n) is 10.3. The van der Waals surface area contributed by atoms with Crippen LogP contribution in [0.5, 0.6) is 5.75 Å². The lowest BCUT2D eigenvalue weighted by Crippen LogP contribution is -2.24. The molecule has 1 amide bonds. The molecule has 1 atom stereocenters. The van der Waals surface area contributed by atoms with Crippen molar-refractivity contribution in [2.24, 2.45) is 0 Å². The van der Waals surface area contributed by atoms with E-state index >= 15 is 0 Å². The summed E-state index contributed by atoms with van der Waals surface area (Å²) in [4.78, 5) is 22.9. The second-order valence-electron chi connectivity index (χ2n) is 7.73. The molecule has 32 heavy (non-hydrogen) atoms. The zero-order chi connectivity index (χ0) is 23.0. The highest BCUT2D eigenvalue weighted by atomic mass is 19.3. The average molecular weight is 444 g/mol. The molecular formula is C23H23F3N4O2. The normalized spacial score (nSPS) is 15.0. The molecule has 168 valence electrons. The topological polar surface area (TPSA) is 67.3 Å². The number of carbonyl (C=O) groups excluding carboxylic acids is 1. The number of amides is 1. The summed E-state index contributed by atoms with van der Waals surface area (Å²) in [5.74, 6) is 0.457. The van der Waals surface area contributed by atoms with Crippen LogP contribution in [0.3, 0.4) is 0 Å². The van der Waals surface area contributed by atoms with E-state index in [-0.39, 0.29) is 11.5 Å². The molecule has 1 unspecified atom stereocenters. The van der Waals surface area contributed by atoms with Crippen LogP contribution in [0.1, 0.15) is 49.2 Å². The van der Waals surface area contributed by atoms with E-state index in [1.807, 2.05) is 0 Å². The van der Waals surface area contributed by atoms with Crippen molar-refractivity contribution >= 4 is 28.3 Å². The summed E-state index contributed by atoms with van der Waals surface area (Å²) in [6.45, 7) is 4.00. The maximum absolute atomic E-state index is 14.6. The van der Waals surface area contributed by atoms with E-state index in [1.54, 1.807) is 30.9 Å². The van der Waals surface area contributed by atoms with Gasteiger partial charge in [0.05, 0.1) is 29.9 Å². The highest BCUT2D eigenvalue weighted by molar-refractivity contribution is 6.01. The Bertz CT molecular complexity index is 1190. The fourth-order valence-electron chi connectivity index (χ4n) is 4.00. The molecule has 9 heteroatoms. The van der Waals surface area contributed by atoms with E-state index in [4.69, 9.17) is 4.74 Å². The standard InChI is InChI=1S/C23H23F3N4O2/c1-12(14-6-4-7-15(21(14)24)22(25)26)27-23-16-10-19(32-3)18(30-9-5-8-20(30)31)11-17(16)28-13(2)29-23/h4,6-7,10-12,22H,5,8-9H2,1-3H3,(H,27,28,29). The zero-order valence-electron chi connectivity index (χ0n) is 18.0. The first-order valence-corrected chi connectivity index (χ1v) is 10.3. The number of aryl methyl sites for hydroxylation is 1. The van der Waals surface area contributed by atoms with Gasteiger partial charge < -0.3 is 15.0 Å². The molecule has 1 aliphatic rings. The zero-order valence-corrected chi connectivity index (χ0v) is 18.0.